The maximum absolute atomic E-state index is 12.6. The number of rotatable bonds is 6. The number of amides is 1. The first-order valence-corrected chi connectivity index (χ1v) is 12.7. The van der Waals surface area contributed by atoms with Gasteiger partial charge < -0.3 is 15.1 Å². The van der Waals surface area contributed by atoms with E-state index in [0.29, 0.717) is 0 Å². The highest BCUT2D eigenvalue weighted by atomic mass is 32.1. The van der Waals surface area contributed by atoms with E-state index in [-0.39, 0.29) is 11.8 Å². The highest BCUT2D eigenvalue weighted by Gasteiger charge is 2.27. The van der Waals surface area contributed by atoms with Crippen LogP contribution in [0.1, 0.15) is 37.7 Å². The summed E-state index contributed by atoms with van der Waals surface area (Å²) in [7, 11) is 0. The average Bonchev–Trinajstić information content (AvgIpc) is 3.40. The van der Waals surface area contributed by atoms with Gasteiger partial charge in [-0.15, -0.1) is 5.10 Å². The lowest BCUT2D eigenvalue weighted by atomic mass is 9.96. The van der Waals surface area contributed by atoms with Gasteiger partial charge in [-0.1, -0.05) is 47.6 Å². The van der Waals surface area contributed by atoms with Crippen LogP contribution in [0.2, 0.25) is 0 Å². The molecular weight excluding hydrogens is 420 g/mol. The number of carbonyl (C=O) groups excluding carboxylic acids is 1. The molecule has 0 bridgehead atoms. The molecule has 7 nitrogen and oxygen atoms in total. The van der Waals surface area contributed by atoms with Crippen molar-refractivity contribution in [1.82, 2.24) is 24.8 Å². The molecule has 2 aliphatic heterocycles. The Labute approximate surface area is 193 Å². The number of aromatic nitrogens is 3. The molecule has 8 heteroatoms. The maximum Gasteiger partial charge on any atom is 0.223 e. The first-order chi connectivity index (χ1) is 15.7. The first kappa shape index (κ1) is 21.4. The molecule has 170 valence electrons. The predicted octanol–water partition coefficient (Wildman–Crippen LogP) is 3.58. The molecule has 0 radical (unpaired) electrons. The number of anilines is 1. The standard InChI is InChI=1S/C24H32N6OS/c1-18-5-7-19(8-6-18)21-17-30-23(26-21)32-24(27-30)29-14-9-20(10-15-29)22(31)25-11-16-28-12-3-2-4-13-28/h5-8,17,20H,2-4,9-16H2,1H3,(H,25,31). The average molecular weight is 453 g/mol. The van der Waals surface area contributed by atoms with E-state index in [1.807, 2.05) is 10.7 Å². The minimum Gasteiger partial charge on any atom is -0.355 e. The first-order valence-electron chi connectivity index (χ1n) is 11.8. The van der Waals surface area contributed by atoms with Crippen LogP contribution >= 0.6 is 11.3 Å². The lowest BCUT2D eigenvalue weighted by Gasteiger charge is -2.31. The van der Waals surface area contributed by atoms with Crippen LogP contribution in [-0.4, -0.2) is 64.7 Å². The quantitative estimate of drug-likeness (QED) is 0.619. The Balaban J connectivity index is 1.12. The molecule has 2 fully saturated rings. The van der Waals surface area contributed by atoms with Crippen LogP contribution < -0.4 is 10.2 Å². The van der Waals surface area contributed by atoms with E-state index in [0.717, 1.165) is 60.4 Å². The third-order valence-electron chi connectivity index (χ3n) is 6.69. The fourth-order valence-corrected chi connectivity index (χ4v) is 5.61. The smallest absolute Gasteiger partial charge is 0.223 e. The summed E-state index contributed by atoms with van der Waals surface area (Å²) in [5.74, 6) is 0.336. The Morgan fingerprint density at radius 2 is 1.84 bits per heavy atom. The van der Waals surface area contributed by atoms with Crippen molar-refractivity contribution in [2.24, 2.45) is 5.92 Å². The van der Waals surface area contributed by atoms with Gasteiger partial charge in [0, 0.05) is 37.7 Å². The molecule has 4 heterocycles. The molecule has 2 aliphatic rings. The molecule has 0 atom stereocenters. The lowest BCUT2D eigenvalue weighted by molar-refractivity contribution is -0.125. The monoisotopic (exact) mass is 452 g/mol. The highest BCUT2D eigenvalue weighted by Crippen LogP contribution is 2.29. The number of nitrogens with zero attached hydrogens (tertiary/aromatic N) is 5. The van der Waals surface area contributed by atoms with Gasteiger partial charge in [0.1, 0.15) is 0 Å². The predicted molar refractivity (Wildman–Crippen MR) is 129 cm³/mol. The van der Waals surface area contributed by atoms with Crippen molar-refractivity contribution in [3.05, 3.63) is 36.0 Å². The van der Waals surface area contributed by atoms with E-state index in [2.05, 4.69) is 46.3 Å². The zero-order chi connectivity index (χ0) is 21.9. The van der Waals surface area contributed by atoms with Crippen LogP contribution in [0.3, 0.4) is 0 Å². The second-order valence-electron chi connectivity index (χ2n) is 9.06. The van der Waals surface area contributed by atoms with Gasteiger partial charge in [0.05, 0.1) is 11.9 Å². The van der Waals surface area contributed by atoms with Gasteiger partial charge in [-0.2, -0.15) is 0 Å². The Morgan fingerprint density at radius 3 is 2.56 bits per heavy atom. The van der Waals surface area contributed by atoms with Crippen LogP contribution in [0.4, 0.5) is 5.13 Å². The molecule has 0 unspecified atom stereocenters. The minimum absolute atomic E-state index is 0.116. The van der Waals surface area contributed by atoms with Crippen LogP contribution in [0, 0.1) is 12.8 Å². The van der Waals surface area contributed by atoms with Crippen molar-refractivity contribution < 1.29 is 4.79 Å². The van der Waals surface area contributed by atoms with Crippen LogP contribution in [-0.2, 0) is 4.79 Å². The van der Waals surface area contributed by atoms with Crippen LogP contribution in [0.5, 0.6) is 0 Å². The topological polar surface area (TPSA) is 65.8 Å². The fraction of sp³-hybridized carbons (Fsp3) is 0.542. The molecule has 32 heavy (non-hydrogen) atoms. The SMILES string of the molecule is Cc1ccc(-c2cn3nc(N4CCC(C(=O)NCCN5CCCCC5)CC4)sc3n2)cc1. The molecule has 0 spiro atoms. The van der Waals surface area contributed by atoms with Crippen molar-refractivity contribution in [3.8, 4) is 11.3 Å². The summed E-state index contributed by atoms with van der Waals surface area (Å²) in [5, 5.41) is 8.93. The third-order valence-corrected chi connectivity index (χ3v) is 7.68. The van der Waals surface area contributed by atoms with Crippen molar-refractivity contribution in [2.75, 3.05) is 44.2 Å². The number of likely N-dealkylation sites (tertiary alicyclic amines) is 1. The number of piperidine rings is 2. The van der Waals surface area contributed by atoms with Crippen molar-refractivity contribution in [3.63, 3.8) is 0 Å². The van der Waals surface area contributed by atoms with Gasteiger partial charge in [-0.25, -0.2) is 9.50 Å². The molecule has 1 aromatic carbocycles. The Morgan fingerprint density at radius 1 is 1.09 bits per heavy atom. The van der Waals surface area contributed by atoms with Gasteiger partial charge in [0.2, 0.25) is 16.0 Å². The number of benzene rings is 1. The molecule has 5 rings (SSSR count). The van der Waals surface area contributed by atoms with Gasteiger partial charge >= 0.3 is 0 Å². The van der Waals surface area contributed by atoms with E-state index in [4.69, 9.17) is 10.1 Å². The van der Waals surface area contributed by atoms with E-state index in [1.54, 1.807) is 11.3 Å². The number of carbonyl (C=O) groups is 1. The summed E-state index contributed by atoms with van der Waals surface area (Å²) in [6.45, 7) is 7.93. The summed E-state index contributed by atoms with van der Waals surface area (Å²) >= 11 is 1.62. The number of fused-ring (bicyclic) bond motifs is 1. The molecule has 1 N–H and O–H groups in total. The van der Waals surface area contributed by atoms with Gasteiger partial charge in [-0.3, -0.25) is 4.79 Å². The summed E-state index contributed by atoms with van der Waals surface area (Å²) < 4.78 is 1.88. The second kappa shape index (κ2) is 9.58. The van der Waals surface area contributed by atoms with Gasteiger partial charge in [0.15, 0.2) is 0 Å². The zero-order valence-corrected chi connectivity index (χ0v) is 19.6. The van der Waals surface area contributed by atoms with Crippen LogP contribution in [0.25, 0.3) is 16.2 Å². The van der Waals surface area contributed by atoms with Crippen molar-refractivity contribution in [2.45, 2.75) is 39.0 Å². The summed E-state index contributed by atoms with van der Waals surface area (Å²) in [6, 6.07) is 8.42. The van der Waals surface area contributed by atoms with Crippen molar-refractivity contribution >= 4 is 27.3 Å². The molecule has 0 saturated carbocycles. The molecule has 1 amide bonds. The van der Waals surface area contributed by atoms with Gasteiger partial charge in [-0.05, 0) is 45.7 Å². The largest absolute Gasteiger partial charge is 0.355 e. The highest BCUT2D eigenvalue weighted by molar-refractivity contribution is 7.20. The molecule has 3 aromatic rings. The van der Waals surface area contributed by atoms with E-state index in [1.165, 1.54) is 37.9 Å². The van der Waals surface area contributed by atoms with E-state index >= 15 is 0 Å². The van der Waals surface area contributed by atoms with Crippen LogP contribution in [0.15, 0.2) is 30.5 Å². The van der Waals surface area contributed by atoms with Crippen molar-refractivity contribution in [1.29, 1.82) is 0 Å². The number of imidazole rings is 1. The number of hydrogen-bond acceptors (Lipinski definition) is 6. The summed E-state index contributed by atoms with van der Waals surface area (Å²) in [4.78, 5) is 23.0. The second-order valence-corrected chi connectivity index (χ2v) is 9.99. The number of aryl methyl sites for hydroxylation is 1. The summed E-state index contributed by atoms with van der Waals surface area (Å²) in [5.41, 5.74) is 3.31. The Bertz CT molecular complexity index is 1010. The number of nitrogens with one attached hydrogen (secondary N) is 1. The Hall–Kier alpha value is -2.45. The molecular formula is C24H32N6OS. The number of hydrogen-bond donors (Lipinski definition) is 1. The zero-order valence-electron chi connectivity index (χ0n) is 18.8. The normalized spacial score (nSPS) is 18.3. The fourth-order valence-electron chi connectivity index (χ4n) is 4.68. The summed E-state index contributed by atoms with van der Waals surface area (Å²) in [6.07, 6.45) is 7.70. The molecule has 2 saturated heterocycles. The molecule has 0 aliphatic carbocycles. The minimum atomic E-state index is 0.116. The third kappa shape index (κ3) is 4.81. The van der Waals surface area contributed by atoms with Gasteiger partial charge in [0.25, 0.3) is 0 Å². The van der Waals surface area contributed by atoms with E-state index in [9.17, 15) is 4.79 Å². The Kier molecular flexibility index (Phi) is 6.41. The maximum atomic E-state index is 12.6. The molecule has 2 aromatic heterocycles. The lowest BCUT2D eigenvalue weighted by Crippen LogP contribution is -2.43. The van der Waals surface area contributed by atoms with E-state index < -0.39 is 0 Å².